The van der Waals surface area contributed by atoms with Crippen molar-refractivity contribution in [2.75, 3.05) is 19.6 Å². The zero-order valence-electron chi connectivity index (χ0n) is 17.0. The third kappa shape index (κ3) is 4.27. The fourth-order valence-corrected chi connectivity index (χ4v) is 4.31. The number of likely N-dealkylation sites (tertiary alicyclic amines) is 1. The molecule has 30 heavy (non-hydrogen) atoms. The number of benzene rings is 2. The van der Waals surface area contributed by atoms with Crippen LogP contribution >= 0.6 is 11.6 Å². The molecule has 1 aromatic heterocycles. The Morgan fingerprint density at radius 3 is 2.67 bits per heavy atom. The van der Waals surface area contributed by atoms with Crippen LogP contribution in [0.1, 0.15) is 47.5 Å². The molecule has 0 spiro atoms. The van der Waals surface area contributed by atoms with Crippen molar-refractivity contribution in [1.82, 2.24) is 10.2 Å². The van der Waals surface area contributed by atoms with Crippen molar-refractivity contribution in [3.05, 3.63) is 80.7 Å². The first kappa shape index (κ1) is 20.6. The number of carbonyl (C=O) groups is 1. The molecule has 4 rings (SSSR count). The van der Waals surface area contributed by atoms with E-state index in [0.717, 1.165) is 43.5 Å². The Morgan fingerprint density at radius 2 is 1.93 bits per heavy atom. The lowest BCUT2D eigenvalue weighted by Crippen LogP contribution is -2.37. The summed E-state index contributed by atoms with van der Waals surface area (Å²) in [6.45, 7) is 4.35. The van der Waals surface area contributed by atoms with Gasteiger partial charge in [-0.15, -0.1) is 0 Å². The lowest BCUT2D eigenvalue weighted by Gasteiger charge is -2.28. The lowest BCUT2D eigenvalue weighted by atomic mass is 10.1. The van der Waals surface area contributed by atoms with Crippen LogP contribution in [-0.2, 0) is 6.42 Å². The Kier molecular flexibility index (Phi) is 6.21. The molecule has 1 saturated heterocycles. The van der Waals surface area contributed by atoms with Crippen molar-refractivity contribution >= 4 is 28.5 Å². The van der Waals surface area contributed by atoms with Gasteiger partial charge in [0.2, 0.25) is 0 Å². The van der Waals surface area contributed by atoms with Crippen molar-refractivity contribution in [1.29, 1.82) is 0 Å². The van der Waals surface area contributed by atoms with Crippen LogP contribution in [-0.4, -0.2) is 30.4 Å². The number of hydrogen-bond acceptors (Lipinski definition) is 4. The summed E-state index contributed by atoms with van der Waals surface area (Å²) in [5.41, 5.74) is 2.26. The highest BCUT2D eigenvalue weighted by Crippen LogP contribution is 2.29. The molecule has 5 nitrogen and oxygen atoms in total. The Balaban J connectivity index is 1.56. The number of aryl methyl sites for hydroxylation is 1. The van der Waals surface area contributed by atoms with Crippen LogP contribution < -0.4 is 10.7 Å². The van der Waals surface area contributed by atoms with Crippen molar-refractivity contribution in [2.24, 2.45) is 0 Å². The summed E-state index contributed by atoms with van der Waals surface area (Å²) in [5.74, 6) is -0.374. The summed E-state index contributed by atoms with van der Waals surface area (Å²) >= 11 is 6.44. The summed E-state index contributed by atoms with van der Waals surface area (Å²) in [6.07, 6.45) is 3.10. The van der Waals surface area contributed by atoms with Crippen LogP contribution in [0.25, 0.3) is 11.0 Å². The minimum Gasteiger partial charge on any atom is -0.451 e. The van der Waals surface area contributed by atoms with Crippen molar-refractivity contribution in [2.45, 2.75) is 32.2 Å². The Morgan fingerprint density at radius 1 is 1.17 bits per heavy atom. The molecule has 1 N–H and O–H groups in total. The molecular formula is C24H25ClN2O3. The number of nitrogens with one attached hydrogen (secondary N) is 1. The van der Waals surface area contributed by atoms with Crippen LogP contribution in [0.2, 0.25) is 5.02 Å². The SMILES string of the molecule is CCc1ccc2oc(C(=O)NC[C@@H](c3ccccc3Cl)N3CCCC3)cc(=O)c2c1. The number of hydrogen-bond donors (Lipinski definition) is 1. The maximum absolute atomic E-state index is 12.8. The van der Waals surface area contributed by atoms with Crippen LogP contribution in [0.3, 0.4) is 0 Å². The van der Waals surface area contributed by atoms with E-state index in [9.17, 15) is 9.59 Å². The van der Waals surface area contributed by atoms with Gasteiger partial charge in [0, 0.05) is 17.6 Å². The third-order valence-electron chi connectivity index (χ3n) is 5.73. The van der Waals surface area contributed by atoms with Crippen LogP contribution in [0.5, 0.6) is 0 Å². The van der Waals surface area contributed by atoms with E-state index in [1.807, 2.05) is 43.3 Å². The maximum atomic E-state index is 12.8. The van der Waals surface area contributed by atoms with Crippen molar-refractivity contribution in [3.63, 3.8) is 0 Å². The fraction of sp³-hybridized carbons (Fsp3) is 0.333. The first-order chi connectivity index (χ1) is 14.6. The highest BCUT2D eigenvalue weighted by Gasteiger charge is 2.26. The van der Waals surface area contributed by atoms with E-state index in [0.29, 0.717) is 22.5 Å². The predicted octanol–water partition coefficient (Wildman–Crippen LogP) is 4.58. The van der Waals surface area contributed by atoms with Crippen LogP contribution in [0, 0.1) is 0 Å². The van der Waals surface area contributed by atoms with Gasteiger partial charge in [0.1, 0.15) is 5.58 Å². The fourth-order valence-electron chi connectivity index (χ4n) is 4.05. The van der Waals surface area contributed by atoms with Gasteiger partial charge in [-0.1, -0.05) is 42.8 Å². The quantitative estimate of drug-likeness (QED) is 0.629. The maximum Gasteiger partial charge on any atom is 0.287 e. The van der Waals surface area contributed by atoms with Gasteiger partial charge in [0.05, 0.1) is 11.4 Å². The average molecular weight is 425 g/mol. The second-order valence-electron chi connectivity index (χ2n) is 7.65. The van der Waals surface area contributed by atoms with E-state index in [-0.39, 0.29) is 17.2 Å². The van der Waals surface area contributed by atoms with Gasteiger partial charge in [0.15, 0.2) is 11.2 Å². The second-order valence-corrected chi connectivity index (χ2v) is 8.06. The van der Waals surface area contributed by atoms with Gasteiger partial charge in [-0.2, -0.15) is 0 Å². The van der Waals surface area contributed by atoms with E-state index in [1.54, 1.807) is 6.07 Å². The van der Waals surface area contributed by atoms with E-state index in [2.05, 4.69) is 10.2 Å². The largest absolute Gasteiger partial charge is 0.451 e. The molecule has 0 bridgehead atoms. The molecule has 3 aromatic rings. The molecule has 1 amide bonds. The molecule has 6 heteroatoms. The molecule has 1 aliphatic heterocycles. The summed E-state index contributed by atoms with van der Waals surface area (Å²) in [7, 11) is 0. The summed E-state index contributed by atoms with van der Waals surface area (Å²) in [6, 6.07) is 14.5. The van der Waals surface area contributed by atoms with Gasteiger partial charge in [0.25, 0.3) is 5.91 Å². The molecule has 2 aromatic carbocycles. The average Bonchev–Trinajstić information content (AvgIpc) is 3.29. The zero-order chi connectivity index (χ0) is 21.1. The minimum atomic E-state index is -0.398. The second kappa shape index (κ2) is 9.02. The lowest BCUT2D eigenvalue weighted by molar-refractivity contribution is 0.0910. The molecule has 1 aliphatic rings. The normalized spacial score (nSPS) is 15.4. The number of halogens is 1. The van der Waals surface area contributed by atoms with E-state index >= 15 is 0 Å². The summed E-state index contributed by atoms with van der Waals surface area (Å²) in [4.78, 5) is 27.7. The highest BCUT2D eigenvalue weighted by molar-refractivity contribution is 6.31. The van der Waals surface area contributed by atoms with Gasteiger partial charge in [-0.05, 0) is 61.7 Å². The topological polar surface area (TPSA) is 62.6 Å². The van der Waals surface area contributed by atoms with Crippen LogP contribution in [0.4, 0.5) is 0 Å². The van der Waals surface area contributed by atoms with Gasteiger partial charge < -0.3 is 9.73 Å². The highest BCUT2D eigenvalue weighted by atomic mass is 35.5. The van der Waals surface area contributed by atoms with Gasteiger partial charge >= 0.3 is 0 Å². The monoisotopic (exact) mass is 424 g/mol. The van der Waals surface area contributed by atoms with Gasteiger partial charge in [-0.25, -0.2) is 0 Å². The number of amides is 1. The van der Waals surface area contributed by atoms with E-state index in [1.165, 1.54) is 6.07 Å². The van der Waals surface area contributed by atoms with Crippen molar-refractivity contribution in [3.8, 4) is 0 Å². The Bertz CT molecular complexity index is 1120. The number of carbonyl (C=O) groups excluding carboxylic acids is 1. The molecule has 0 saturated carbocycles. The molecule has 156 valence electrons. The third-order valence-corrected chi connectivity index (χ3v) is 6.07. The van der Waals surface area contributed by atoms with Crippen molar-refractivity contribution < 1.29 is 9.21 Å². The molecule has 0 aliphatic carbocycles. The number of fused-ring (bicyclic) bond motifs is 1. The molecule has 0 radical (unpaired) electrons. The predicted molar refractivity (Wildman–Crippen MR) is 119 cm³/mol. The zero-order valence-corrected chi connectivity index (χ0v) is 17.7. The number of nitrogens with zero attached hydrogens (tertiary/aromatic N) is 1. The number of rotatable bonds is 6. The smallest absolute Gasteiger partial charge is 0.287 e. The first-order valence-corrected chi connectivity index (χ1v) is 10.8. The Hall–Kier alpha value is -2.63. The Labute approximate surface area is 180 Å². The molecular weight excluding hydrogens is 400 g/mol. The summed E-state index contributed by atoms with van der Waals surface area (Å²) in [5, 5.41) is 4.13. The molecule has 2 heterocycles. The molecule has 1 fully saturated rings. The standard InChI is InChI=1S/C24H25ClN2O3/c1-2-16-9-10-22-18(13-16)21(28)14-23(30-22)24(29)26-15-20(27-11-5-6-12-27)17-7-3-4-8-19(17)25/h3-4,7-10,13-14,20H,2,5-6,11-12,15H2,1H3,(H,26,29)/t20-/m0/s1. The molecule has 1 atom stereocenters. The first-order valence-electron chi connectivity index (χ1n) is 10.4. The van der Waals surface area contributed by atoms with E-state index < -0.39 is 5.91 Å². The molecule has 0 unspecified atom stereocenters. The van der Waals surface area contributed by atoms with Gasteiger partial charge in [-0.3, -0.25) is 14.5 Å². The van der Waals surface area contributed by atoms with E-state index in [4.69, 9.17) is 16.0 Å². The van der Waals surface area contributed by atoms with Crippen LogP contribution in [0.15, 0.2) is 57.7 Å². The minimum absolute atomic E-state index is 0.0237. The summed E-state index contributed by atoms with van der Waals surface area (Å²) < 4.78 is 5.74.